The normalized spacial score (nSPS) is 33.7. The smallest absolute Gasteiger partial charge is 0.0766 e. The van der Waals surface area contributed by atoms with Crippen molar-refractivity contribution >= 4 is 0 Å². The van der Waals surface area contributed by atoms with Gasteiger partial charge < -0.3 is 0 Å². The highest BCUT2D eigenvalue weighted by Gasteiger charge is 2.44. The summed E-state index contributed by atoms with van der Waals surface area (Å²) >= 11 is 0. The zero-order chi connectivity index (χ0) is 11.8. The number of rotatable bonds is 1. The van der Waals surface area contributed by atoms with Crippen molar-refractivity contribution in [3.63, 3.8) is 0 Å². The number of azo groups is 1. The fourth-order valence-corrected chi connectivity index (χ4v) is 2.65. The molecule has 1 fully saturated rings. The van der Waals surface area contributed by atoms with E-state index < -0.39 is 0 Å². The molecule has 2 aliphatic rings. The number of fused-ring (bicyclic) bond motifs is 1. The molecule has 0 aliphatic heterocycles. The molecule has 2 rings (SSSR count). The highest BCUT2D eigenvalue weighted by Crippen LogP contribution is 2.54. The van der Waals surface area contributed by atoms with Crippen LogP contribution in [-0.2, 0) is 0 Å². The van der Waals surface area contributed by atoms with Gasteiger partial charge in [0, 0.05) is 7.05 Å². The Morgan fingerprint density at radius 2 is 2.06 bits per heavy atom. The predicted molar refractivity (Wildman–Crippen MR) is 67.1 cm³/mol. The van der Waals surface area contributed by atoms with Crippen LogP contribution in [0.3, 0.4) is 0 Å². The van der Waals surface area contributed by atoms with E-state index in [0.29, 0.717) is 5.92 Å². The topological polar surface area (TPSA) is 24.7 Å². The van der Waals surface area contributed by atoms with Crippen LogP contribution in [0.25, 0.3) is 0 Å². The third kappa shape index (κ3) is 1.41. The summed E-state index contributed by atoms with van der Waals surface area (Å²) in [5, 5.41) is 8.20. The molecular formula is C14H18N2. The molecule has 0 aromatic heterocycles. The van der Waals surface area contributed by atoms with E-state index >= 15 is 0 Å². The fraction of sp³-hybridized carbons (Fsp3) is 0.429. The Morgan fingerprint density at radius 3 is 2.75 bits per heavy atom. The van der Waals surface area contributed by atoms with Gasteiger partial charge in [-0.25, -0.2) is 0 Å². The Kier molecular flexibility index (Phi) is 2.66. The SMILES string of the molecule is C=C1C(C)CC2=CC=CC=C(N=NC)C12C. The molecule has 0 saturated heterocycles. The number of nitrogens with zero attached hydrogens (tertiary/aromatic N) is 2. The summed E-state index contributed by atoms with van der Waals surface area (Å²) < 4.78 is 0. The van der Waals surface area contributed by atoms with E-state index in [1.54, 1.807) is 7.05 Å². The van der Waals surface area contributed by atoms with Crippen LogP contribution < -0.4 is 0 Å². The molecule has 1 saturated carbocycles. The minimum Gasteiger partial charge on any atom is -0.192 e. The average molecular weight is 214 g/mol. The van der Waals surface area contributed by atoms with Crippen molar-refractivity contribution in [2.45, 2.75) is 20.3 Å². The molecule has 0 amide bonds. The standard InChI is InChI=1S/C14H18N2/c1-10-9-12-7-5-6-8-13(16-15-4)14(12,3)11(10)2/h5-8,10H,2,9H2,1,3-4H3. The van der Waals surface area contributed by atoms with Crippen molar-refractivity contribution in [3.05, 3.63) is 47.7 Å². The molecule has 2 atom stereocenters. The molecule has 0 spiro atoms. The minimum absolute atomic E-state index is 0.123. The molecule has 0 aromatic carbocycles. The zero-order valence-electron chi connectivity index (χ0n) is 10.2. The van der Waals surface area contributed by atoms with E-state index in [1.165, 1.54) is 11.1 Å². The number of hydrogen-bond acceptors (Lipinski definition) is 2. The van der Waals surface area contributed by atoms with Crippen molar-refractivity contribution in [1.29, 1.82) is 0 Å². The first kappa shape index (κ1) is 11.1. The van der Waals surface area contributed by atoms with Gasteiger partial charge >= 0.3 is 0 Å². The Bertz CT molecular complexity index is 438. The molecule has 2 nitrogen and oxygen atoms in total. The molecule has 0 heterocycles. The summed E-state index contributed by atoms with van der Waals surface area (Å²) in [6.07, 6.45) is 9.43. The molecule has 0 N–H and O–H groups in total. The molecule has 2 heteroatoms. The van der Waals surface area contributed by atoms with Gasteiger partial charge in [-0.1, -0.05) is 42.9 Å². The molecule has 0 aromatic rings. The van der Waals surface area contributed by atoms with Crippen LogP contribution in [0.5, 0.6) is 0 Å². The van der Waals surface area contributed by atoms with Crippen LogP contribution in [0.15, 0.2) is 58.0 Å². The molecule has 0 bridgehead atoms. The Hall–Kier alpha value is -1.44. The van der Waals surface area contributed by atoms with Crippen LogP contribution >= 0.6 is 0 Å². The van der Waals surface area contributed by atoms with Crippen LogP contribution in [-0.4, -0.2) is 7.05 Å². The van der Waals surface area contributed by atoms with Crippen molar-refractivity contribution < 1.29 is 0 Å². The first-order valence-electron chi connectivity index (χ1n) is 5.68. The number of allylic oxidation sites excluding steroid dienone is 5. The van der Waals surface area contributed by atoms with Gasteiger partial charge in [0.2, 0.25) is 0 Å². The van der Waals surface area contributed by atoms with Gasteiger partial charge in [0.1, 0.15) is 0 Å². The highest BCUT2D eigenvalue weighted by atomic mass is 15.1. The lowest BCUT2D eigenvalue weighted by atomic mass is 9.78. The maximum Gasteiger partial charge on any atom is 0.0766 e. The molecule has 2 unspecified atom stereocenters. The largest absolute Gasteiger partial charge is 0.192 e. The summed E-state index contributed by atoms with van der Waals surface area (Å²) in [6.45, 7) is 8.69. The first-order valence-corrected chi connectivity index (χ1v) is 5.68. The Labute approximate surface area is 97.2 Å². The van der Waals surface area contributed by atoms with Crippen LogP contribution in [0.2, 0.25) is 0 Å². The third-order valence-corrected chi connectivity index (χ3v) is 3.79. The molecule has 2 aliphatic carbocycles. The van der Waals surface area contributed by atoms with E-state index in [2.05, 4.69) is 42.8 Å². The first-order chi connectivity index (χ1) is 7.60. The maximum absolute atomic E-state index is 4.28. The second-order valence-electron chi connectivity index (χ2n) is 4.68. The summed E-state index contributed by atoms with van der Waals surface area (Å²) in [5.74, 6) is 0.526. The summed E-state index contributed by atoms with van der Waals surface area (Å²) in [4.78, 5) is 0. The van der Waals surface area contributed by atoms with E-state index in [9.17, 15) is 0 Å². The van der Waals surface area contributed by atoms with Crippen LogP contribution in [0.4, 0.5) is 0 Å². The molecule has 0 radical (unpaired) electrons. The van der Waals surface area contributed by atoms with Crippen LogP contribution in [0, 0.1) is 11.3 Å². The van der Waals surface area contributed by atoms with E-state index in [0.717, 1.165) is 12.1 Å². The van der Waals surface area contributed by atoms with Gasteiger partial charge in [-0.05, 0) is 25.3 Å². The summed E-state index contributed by atoms with van der Waals surface area (Å²) in [5.41, 5.74) is 3.53. The second-order valence-corrected chi connectivity index (χ2v) is 4.68. The van der Waals surface area contributed by atoms with Crippen molar-refractivity contribution in [1.82, 2.24) is 0 Å². The maximum atomic E-state index is 4.28. The van der Waals surface area contributed by atoms with Gasteiger partial charge in [0.25, 0.3) is 0 Å². The molecular weight excluding hydrogens is 196 g/mol. The van der Waals surface area contributed by atoms with Gasteiger partial charge in [-0.15, -0.1) is 0 Å². The van der Waals surface area contributed by atoms with E-state index in [-0.39, 0.29) is 5.41 Å². The van der Waals surface area contributed by atoms with Gasteiger partial charge in [0.05, 0.1) is 11.1 Å². The highest BCUT2D eigenvalue weighted by molar-refractivity contribution is 5.48. The van der Waals surface area contributed by atoms with Crippen molar-refractivity contribution in [2.24, 2.45) is 21.6 Å². The van der Waals surface area contributed by atoms with E-state index in [4.69, 9.17) is 0 Å². The summed E-state index contributed by atoms with van der Waals surface area (Å²) in [7, 11) is 1.71. The second kappa shape index (κ2) is 3.85. The van der Waals surface area contributed by atoms with Gasteiger partial charge in [-0.2, -0.15) is 10.2 Å². The monoisotopic (exact) mass is 214 g/mol. The van der Waals surface area contributed by atoms with Gasteiger partial charge in [-0.3, -0.25) is 0 Å². The average Bonchev–Trinajstić information content (AvgIpc) is 2.40. The third-order valence-electron chi connectivity index (χ3n) is 3.79. The Balaban J connectivity index is 2.57. The van der Waals surface area contributed by atoms with E-state index in [1.807, 2.05) is 12.2 Å². The molecule has 16 heavy (non-hydrogen) atoms. The fourth-order valence-electron chi connectivity index (χ4n) is 2.65. The zero-order valence-corrected chi connectivity index (χ0v) is 10.2. The van der Waals surface area contributed by atoms with Gasteiger partial charge in [0.15, 0.2) is 0 Å². The van der Waals surface area contributed by atoms with Crippen molar-refractivity contribution in [3.8, 4) is 0 Å². The van der Waals surface area contributed by atoms with Crippen molar-refractivity contribution in [2.75, 3.05) is 7.05 Å². The lowest BCUT2D eigenvalue weighted by molar-refractivity contribution is 0.576. The minimum atomic E-state index is -0.123. The predicted octanol–water partition coefficient (Wildman–Crippen LogP) is 4.05. The van der Waals surface area contributed by atoms with Crippen LogP contribution in [0.1, 0.15) is 20.3 Å². The Morgan fingerprint density at radius 1 is 1.38 bits per heavy atom. The number of hydrogen-bond donors (Lipinski definition) is 0. The molecule has 84 valence electrons. The quantitative estimate of drug-likeness (QED) is 0.464. The summed E-state index contributed by atoms with van der Waals surface area (Å²) in [6, 6.07) is 0. The lowest BCUT2D eigenvalue weighted by Crippen LogP contribution is -2.18. The lowest BCUT2D eigenvalue weighted by Gasteiger charge is -2.27.